The number of aliphatic carboxylic acids is 1. The maximum atomic E-state index is 15.0. The summed E-state index contributed by atoms with van der Waals surface area (Å²) in [6, 6.07) is 8.07. The summed E-state index contributed by atoms with van der Waals surface area (Å²) in [5.74, 6) is -0.974. The van der Waals surface area contributed by atoms with Crippen LogP contribution < -0.4 is 4.74 Å². The first kappa shape index (κ1) is 24.9. The van der Waals surface area contributed by atoms with Gasteiger partial charge in [0.15, 0.2) is 5.78 Å². The minimum Gasteiger partial charge on any atom is -0.497 e. The molecule has 1 heterocycles. The molecule has 1 amide bonds. The highest BCUT2D eigenvalue weighted by atomic mass is 19.1. The molecule has 0 unspecified atom stereocenters. The van der Waals surface area contributed by atoms with Gasteiger partial charge in [0, 0.05) is 25.8 Å². The molecule has 0 fully saturated rings. The smallest absolute Gasteiger partial charge is 0.303 e. The van der Waals surface area contributed by atoms with Crippen LogP contribution in [0.5, 0.6) is 5.75 Å². The van der Waals surface area contributed by atoms with Crippen molar-refractivity contribution < 1.29 is 28.6 Å². The molecule has 6 nitrogen and oxygen atoms in total. The SMILES string of the molecule is COc1ccc2c(c1)CCN(C(=O)CCCC(=O)O)[C@H]2C(=O)Cc1cc(F)c2c(c1)CCC2(C)C. The number of carboxylic acids is 1. The van der Waals surface area contributed by atoms with E-state index in [-0.39, 0.29) is 48.6 Å². The molecule has 0 saturated heterocycles. The van der Waals surface area contributed by atoms with Crippen LogP contribution in [0.15, 0.2) is 30.3 Å². The second-order valence-corrected chi connectivity index (χ2v) is 10.2. The number of carbonyl (C=O) groups excluding carboxylic acids is 2. The zero-order chi connectivity index (χ0) is 25.3. The van der Waals surface area contributed by atoms with E-state index in [2.05, 4.69) is 0 Å². The van der Waals surface area contributed by atoms with Crippen LogP contribution in [-0.2, 0) is 39.1 Å². The Morgan fingerprint density at radius 2 is 1.89 bits per heavy atom. The average molecular weight is 482 g/mol. The highest BCUT2D eigenvalue weighted by molar-refractivity contribution is 5.92. The van der Waals surface area contributed by atoms with Crippen LogP contribution in [0, 0.1) is 5.82 Å². The van der Waals surface area contributed by atoms with Crippen LogP contribution in [0.4, 0.5) is 4.39 Å². The fraction of sp³-hybridized carbons (Fsp3) is 0.464. The Morgan fingerprint density at radius 1 is 1.11 bits per heavy atom. The predicted molar refractivity (Wildman–Crippen MR) is 129 cm³/mol. The number of fused-ring (bicyclic) bond motifs is 2. The summed E-state index contributed by atoms with van der Waals surface area (Å²) in [4.78, 5) is 39.2. The number of aryl methyl sites for hydroxylation is 1. The molecule has 4 rings (SSSR count). The second-order valence-electron chi connectivity index (χ2n) is 10.2. The standard InChI is InChI=1S/C28H32FNO5/c1-28(2)11-9-19-13-17(14-22(29)26(19)28)15-23(31)27-21-8-7-20(35-3)16-18(21)10-12-30(27)24(32)5-4-6-25(33)34/h7-8,13-14,16,27H,4-6,9-12,15H2,1-3H3,(H,33,34)/t27-/m1/s1. The van der Waals surface area contributed by atoms with Crippen molar-refractivity contribution in [2.24, 2.45) is 0 Å². The number of carbonyl (C=O) groups is 3. The van der Waals surface area contributed by atoms with E-state index in [1.807, 2.05) is 32.0 Å². The second kappa shape index (κ2) is 9.80. The van der Waals surface area contributed by atoms with E-state index in [0.29, 0.717) is 24.3 Å². The summed E-state index contributed by atoms with van der Waals surface area (Å²) in [6.07, 6.45) is 2.41. The molecule has 2 aromatic rings. The van der Waals surface area contributed by atoms with Gasteiger partial charge in [0.2, 0.25) is 5.91 Å². The monoisotopic (exact) mass is 481 g/mol. The van der Waals surface area contributed by atoms with Crippen molar-refractivity contribution in [2.45, 2.75) is 70.3 Å². The van der Waals surface area contributed by atoms with E-state index < -0.39 is 12.0 Å². The molecular formula is C28H32FNO5. The third-order valence-electron chi connectivity index (χ3n) is 7.29. The lowest BCUT2D eigenvalue weighted by molar-refractivity contribution is -0.141. The molecule has 35 heavy (non-hydrogen) atoms. The summed E-state index contributed by atoms with van der Waals surface area (Å²) in [5.41, 5.74) is 3.77. The fourth-order valence-electron chi connectivity index (χ4n) is 5.53. The van der Waals surface area contributed by atoms with Gasteiger partial charge in [0.25, 0.3) is 0 Å². The molecule has 7 heteroatoms. The Labute approximate surface area is 205 Å². The normalized spacial score (nSPS) is 18.1. The van der Waals surface area contributed by atoms with Crippen molar-refractivity contribution in [2.75, 3.05) is 13.7 Å². The molecule has 0 aromatic heterocycles. The van der Waals surface area contributed by atoms with Crippen LogP contribution in [0.2, 0.25) is 0 Å². The number of rotatable bonds is 8. The Bertz CT molecular complexity index is 1170. The molecule has 0 radical (unpaired) electrons. The maximum absolute atomic E-state index is 15.0. The molecule has 1 aliphatic heterocycles. The van der Waals surface area contributed by atoms with Crippen molar-refractivity contribution in [1.82, 2.24) is 4.90 Å². The minimum absolute atomic E-state index is 0.0136. The van der Waals surface area contributed by atoms with Gasteiger partial charge in [-0.25, -0.2) is 4.39 Å². The van der Waals surface area contributed by atoms with Gasteiger partial charge in [-0.15, -0.1) is 0 Å². The number of carboxylic acid groups (broad SMARTS) is 1. The number of ether oxygens (including phenoxy) is 1. The van der Waals surface area contributed by atoms with Crippen molar-refractivity contribution in [3.05, 3.63) is 64.0 Å². The van der Waals surface area contributed by atoms with Crippen LogP contribution in [0.3, 0.4) is 0 Å². The summed E-state index contributed by atoms with van der Waals surface area (Å²) in [7, 11) is 1.58. The summed E-state index contributed by atoms with van der Waals surface area (Å²) >= 11 is 0. The zero-order valence-electron chi connectivity index (χ0n) is 20.5. The summed E-state index contributed by atoms with van der Waals surface area (Å²) < 4.78 is 20.4. The first-order chi connectivity index (χ1) is 16.6. The Balaban J connectivity index is 1.63. The maximum Gasteiger partial charge on any atom is 0.303 e. The number of ketones is 1. The van der Waals surface area contributed by atoms with Gasteiger partial charge in [0.05, 0.1) is 7.11 Å². The number of benzene rings is 2. The lowest BCUT2D eigenvalue weighted by atomic mass is 9.84. The van der Waals surface area contributed by atoms with Gasteiger partial charge in [-0.2, -0.15) is 0 Å². The van der Waals surface area contributed by atoms with Crippen molar-refractivity contribution >= 4 is 17.7 Å². The molecule has 0 spiro atoms. The van der Waals surface area contributed by atoms with Gasteiger partial charge in [-0.3, -0.25) is 14.4 Å². The van der Waals surface area contributed by atoms with E-state index in [0.717, 1.165) is 35.1 Å². The van der Waals surface area contributed by atoms with Gasteiger partial charge in [-0.1, -0.05) is 26.0 Å². The van der Waals surface area contributed by atoms with Crippen LogP contribution in [0.1, 0.15) is 73.4 Å². The molecule has 0 saturated carbocycles. The van der Waals surface area contributed by atoms with E-state index in [9.17, 15) is 14.4 Å². The van der Waals surface area contributed by atoms with E-state index in [1.165, 1.54) is 6.07 Å². The molecule has 186 valence electrons. The Kier molecular flexibility index (Phi) is 6.97. The fourth-order valence-corrected chi connectivity index (χ4v) is 5.53. The number of halogens is 1. The number of hydrogen-bond acceptors (Lipinski definition) is 4. The number of nitrogens with zero attached hydrogens (tertiary/aromatic N) is 1. The number of amides is 1. The van der Waals surface area contributed by atoms with E-state index >= 15 is 4.39 Å². The van der Waals surface area contributed by atoms with Crippen LogP contribution in [-0.4, -0.2) is 41.3 Å². The highest BCUT2D eigenvalue weighted by Gasteiger charge is 2.37. The number of Topliss-reactive ketones (excluding diaryl/α,β-unsaturated/α-hetero) is 1. The average Bonchev–Trinajstić information content (AvgIpc) is 3.12. The summed E-state index contributed by atoms with van der Waals surface area (Å²) in [5, 5.41) is 8.92. The lowest BCUT2D eigenvalue weighted by Crippen LogP contribution is -2.44. The topological polar surface area (TPSA) is 83.9 Å². The zero-order valence-corrected chi connectivity index (χ0v) is 20.5. The quantitative estimate of drug-likeness (QED) is 0.598. The first-order valence-electron chi connectivity index (χ1n) is 12.1. The minimum atomic E-state index is -0.955. The van der Waals surface area contributed by atoms with Gasteiger partial charge >= 0.3 is 5.97 Å². The molecule has 1 aliphatic carbocycles. The molecule has 0 bridgehead atoms. The van der Waals surface area contributed by atoms with Crippen molar-refractivity contribution in [3.8, 4) is 5.75 Å². The third kappa shape index (κ3) is 5.09. The van der Waals surface area contributed by atoms with Gasteiger partial charge in [-0.05, 0) is 77.1 Å². The molecule has 1 N–H and O–H groups in total. The van der Waals surface area contributed by atoms with Gasteiger partial charge < -0.3 is 14.7 Å². The number of hydrogen-bond donors (Lipinski definition) is 1. The van der Waals surface area contributed by atoms with Crippen LogP contribution in [0.25, 0.3) is 0 Å². The molecular weight excluding hydrogens is 449 g/mol. The predicted octanol–water partition coefficient (Wildman–Crippen LogP) is 4.55. The van der Waals surface area contributed by atoms with E-state index in [1.54, 1.807) is 18.1 Å². The lowest BCUT2D eigenvalue weighted by Gasteiger charge is -2.37. The van der Waals surface area contributed by atoms with Gasteiger partial charge in [0.1, 0.15) is 17.6 Å². The van der Waals surface area contributed by atoms with Crippen molar-refractivity contribution in [1.29, 1.82) is 0 Å². The van der Waals surface area contributed by atoms with Crippen molar-refractivity contribution in [3.63, 3.8) is 0 Å². The van der Waals surface area contributed by atoms with Crippen LogP contribution >= 0.6 is 0 Å². The highest BCUT2D eigenvalue weighted by Crippen LogP contribution is 2.41. The number of methoxy groups -OCH3 is 1. The first-order valence-corrected chi connectivity index (χ1v) is 12.1. The molecule has 1 atom stereocenters. The third-order valence-corrected chi connectivity index (χ3v) is 7.29. The molecule has 2 aromatic carbocycles. The summed E-state index contributed by atoms with van der Waals surface area (Å²) in [6.45, 7) is 4.43. The van der Waals surface area contributed by atoms with E-state index in [4.69, 9.17) is 9.84 Å². The Hall–Kier alpha value is -3.22. The largest absolute Gasteiger partial charge is 0.497 e. The Morgan fingerprint density at radius 3 is 2.60 bits per heavy atom. The molecule has 2 aliphatic rings.